The third-order valence-electron chi connectivity index (χ3n) is 6.24. The Labute approximate surface area is 224 Å². The molecule has 0 aliphatic carbocycles. The second-order valence-corrected chi connectivity index (χ2v) is 8.72. The van der Waals surface area contributed by atoms with Gasteiger partial charge in [-0.05, 0) is 46.5 Å². The number of nitrogen functional groups attached to an aromatic ring is 1. The number of esters is 1. The van der Waals surface area contributed by atoms with Crippen LogP contribution in [0.2, 0.25) is 0 Å². The highest BCUT2D eigenvalue weighted by molar-refractivity contribution is 6.06. The van der Waals surface area contributed by atoms with E-state index in [1.165, 1.54) is 0 Å². The van der Waals surface area contributed by atoms with Crippen LogP contribution >= 0.6 is 0 Å². The first-order valence-corrected chi connectivity index (χ1v) is 12.6. The van der Waals surface area contributed by atoms with Crippen molar-refractivity contribution in [1.29, 1.82) is 0 Å². The first kappa shape index (κ1) is 27.6. The van der Waals surface area contributed by atoms with Crippen molar-refractivity contribution in [3.05, 3.63) is 88.6 Å². The number of amides is 1. The molecule has 2 heterocycles. The Hall–Kier alpha value is -4.44. The highest BCUT2D eigenvalue weighted by Gasteiger charge is 2.27. The standard InChI is InChI=1S/C27H23F2N5O3.C2H6/c28-21-10-18(14-37-24(35)7-8-30)19(11-22(21)29)15-5-6-23-20(9-15)25(33-27(31)32-23)26(36)34-12-16-3-1-2-4-17(16)13-34;1-2/h1-6,9-11H,7-8,12-14,30H2,(H2,31,32,33);1-2H3. The molecule has 1 aliphatic rings. The molecule has 0 atom stereocenters. The summed E-state index contributed by atoms with van der Waals surface area (Å²) < 4.78 is 33.5. The van der Waals surface area contributed by atoms with Crippen LogP contribution in [0.25, 0.3) is 22.0 Å². The second-order valence-electron chi connectivity index (χ2n) is 8.72. The maximum atomic E-state index is 14.3. The summed E-state index contributed by atoms with van der Waals surface area (Å²) in [6, 6.07) is 14.7. The highest BCUT2D eigenvalue weighted by atomic mass is 19.2. The molecule has 1 aliphatic heterocycles. The van der Waals surface area contributed by atoms with Crippen LogP contribution in [0.3, 0.4) is 0 Å². The number of carbonyl (C=O) groups is 2. The van der Waals surface area contributed by atoms with Crippen LogP contribution in [0.1, 0.15) is 47.4 Å². The number of hydrogen-bond donors (Lipinski definition) is 2. The van der Waals surface area contributed by atoms with Gasteiger partial charge in [0.1, 0.15) is 12.3 Å². The van der Waals surface area contributed by atoms with Gasteiger partial charge < -0.3 is 21.1 Å². The van der Waals surface area contributed by atoms with Crippen LogP contribution in [0.5, 0.6) is 0 Å². The van der Waals surface area contributed by atoms with Crippen molar-refractivity contribution in [2.75, 3.05) is 12.3 Å². The number of hydrogen-bond acceptors (Lipinski definition) is 7. The number of rotatable bonds is 6. The quantitative estimate of drug-likeness (QED) is 0.343. The first-order chi connectivity index (χ1) is 18.8. The summed E-state index contributed by atoms with van der Waals surface area (Å²) in [6.07, 6.45) is -0.000411. The summed E-state index contributed by atoms with van der Waals surface area (Å²) in [6.45, 7) is 4.69. The molecular formula is C29H29F2N5O3. The lowest BCUT2D eigenvalue weighted by Crippen LogP contribution is -2.27. The Balaban J connectivity index is 0.00000172. The molecule has 4 N–H and O–H groups in total. The van der Waals surface area contributed by atoms with E-state index in [1.54, 1.807) is 23.1 Å². The van der Waals surface area contributed by atoms with Crippen LogP contribution < -0.4 is 11.5 Å². The third-order valence-corrected chi connectivity index (χ3v) is 6.24. The van der Waals surface area contributed by atoms with Crippen molar-refractivity contribution in [2.24, 2.45) is 5.73 Å². The molecule has 10 heteroatoms. The number of nitrogens with two attached hydrogens (primary N) is 2. The molecule has 0 spiro atoms. The van der Waals surface area contributed by atoms with Gasteiger partial charge in [-0.2, -0.15) is 0 Å². The summed E-state index contributed by atoms with van der Waals surface area (Å²) in [7, 11) is 0. The average molecular weight is 534 g/mol. The van der Waals surface area contributed by atoms with E-state index in [9.17, 15) is 18.4 Å². The van der Waals surface area contributed by atoms with Gasteiger partial charge in [0.15, 0.2) is 11.6 Å². The number of halogens is 2. The number of ether oxygens (including phenoxy) is 1. The minimum absolute atomic E-state index is 0.000411. The Morgan fingerprint density at radius 1 is 0.974 bits per heavy atom. The van der Waals surface area contributed by atoms with Gasteiger partial charge in [-0.3, -0.25) is 9.59 Å². The normalized spacial score (nSPS) is 12.1. The minimum Gasteiger partial charge on any atom is -0.461 e. The second kappa shape index (κ2) is 12.0. The predicted molar refractivity (Wildman–Crippen MR) is 144 cm³/mol. The number of fused-ring (bicyclic) bond motifs is 2. The smallest absolute Gasteiger partial charge is 0.307 e. The van der Waals surface area contributed by atoms with Gasteiger partial charge in [-0.1, -0.05) is 44.2 Å². The molecule has 0 bridgehead atoms. The minimum atomic E-state index is -1.07. The van der Waals surface area contributed by atoms with Gasteiger partial charge in [0.05, 0.1) is 11.9 Å². The van der Waals surface area contributed by atoms with Crippen molar-refractivity contribution < 1.29 is 23.1 Å². The number of nitrogens with zero attached hydrogens (tertiary/aromatic N) is 3. The summed E-state index contributed by atoms with van der Waals surface area (Å²) in [4.78, 5) is 35.5. The first-order valence-electron chi connectivity index (χ1n) is 12.6. The molecule has 0 unspecified atom stereocenters. The van der Waals surface area contributed by atoms with E-state index < -0.39 is 17.6 Å². The van der Waals surface area contributed by atoms with Crippen molar-refractivity contribution in [3.63, 3.8) is 0 Å². The lowest BCUT2D eigenvalue weighted by Gasteiger charge is -2.17. The van der Waals surface area contributed by atoms with Gasteiger partial charge in [-0.25, -0.2) is 18.7 Å². The van der Waals surface area contributed by atoms with Crippen LogP contribution in [-0.2, 0) is 29.2 Å². The largest absolute Gasteiger partial charge is 0.461 e. The monoisotopic (exact) mass is 533 g/mol. The fourth-order valence-corrected chi connectivity index (χ4v) is 4.43. The Bertz CT molecular complexity index is 1520. The van der Waals surface area contributed by atoms with E-state index >= 15 is 0 Å². The summed E-state index contributed by atoms with van der Waals surface area (Å²) in [5.74, 6) is -3.07. The van der Waals surface area contributed by atoms with Crippen LogP contribution in [0.4, 0.5) is 14.7 Å². The molecule has 202 valence electrons. The molecule has 0 fully saturated rings. The summed E-state index contributed by atoms with van der Waals surface area (Å²) in [5.41, 5.74) is 14.9. The number of aromatic nitrogens is 2. The highest BCUT2D eigenvalue weighted by Crippen LogP contribution is 2.32. The molecule has 39 heavy (non-hydrogen) atoms. The van der Waals surface area contributed by atoms with E-state index in [0.717, 1.165) is 23.3 Å². The van der Waals surface area contributed by atoms with Crippen LogP contribution in [0, 0.1) is 11.6 Å². The fourth-order valence-electron chi connectivity index (χ4n) is 4.43. The molecule has 0 saturated carbocycles. The summed E-state index contributed by atoms with van der Waals surface area (Å²) in [5, 5.41) is 0.406. The zero-order valence-electron chi connectivity index (χ0n) is 21.7. The lowest BCUT2D eigenvalue weighted by molar-refractivity contribution is -0.144. The zero-order chi connectivity index (χ0) is 28.1. The molecular weight excluding hydrogens is 504 g/mol. The molecule has 4 aromatic rings. The molecule has 1 aromatic heterocycles. The Morgan fingerprint density at radius 3 is 2.31 bits per heavy atom. The zero-order valence-corrected chi connectivity index (χ0v) is 21.7. The molecule has 5 rings (SSSR count). The van der Waals surface area contributed by atoms with E-state index in [2.05, 4.69) is 9.97 Å². The van der Waals surface area contributed by atoms with Gasteiger partial charge in [0.25, 0.3) is 5.91 Å². The molecule has 0 radical (unpaired) electrons. The summed E-state index contributed by atoms with van der Waals surface area (Å²) >= 11 is 0. The van der Waals surface area contributed by atoms with Gasteiger partial charge in [0.2, 0.25) is 5.95 Å². The number of benzene rings is 3. The van der Waals surface area contributed by atoms with E-state index in [0.29, 0.717) is 35.1 Å². The van der Waals surface area contributed by atoms with Crippen molar-refractivity contribution in [1.82, 2.24) is 14.9 Å². The Morgan fingerprint density at radius 2 is 1.64 bits per heavy atom. The van der Waals surface area contributed by atoms with Crippen LogP contribution in [0.15, 0.2) is 54.6 Å². The molecule has 1 amide bonds. The molecule has 8 nitrogen and oxygen atoms in total. The van der Waals surface area contributed by atoms with Crippen molar-refractivity contribution >= 4 is 28.7 Å². The van der Waals surface area contributed by atoms with Gasteiger partial charge in [0, 0.05) is 30.6 Å². The van der Waals surface area contributed by atoms with E-state index in [-0.39, 0.29) is 42.7 Å². The van der Waals surface area contributed by atoms with Crippen molar-refractivity contribution in [3.8, 4) is 11.1 Å². The van der Waals surface area contributed by atoms with Crippen molar-refractivity contribution in [2.45, 2.75) is 40.0 Å². The fraction of sp³-hybridized carbons (Fsp3) is 0.241. The molecule has 0 saturated heterocycles. The van der Waals surface area contributed by atoms with E-state index in [1.807, 2.05) is 38.1 Å². The SMILES string of the molecule is CC.NCCC(=O)OCc1cc(F)c(F)cc1-c1ccc2nc(N)nc(C(=O)N3Cc4ccccc4C3)c2c1. The maximum absolute atomic E-state index is 14.3. The Kier molecular flexibility index (Phi) is 8.46. The third kappa shape index (κ3) is 5.85. The van der Waals surface area contributed by atoms with Crippen LogP contribution in [-0.4, -0.2) is 33.3 Å². The maximum Gasteiger partial charge on any atom is 0.307 e. The van der Waals surface area contributed by atoms with E-state index in [4.69, 9.17) is 16.2 Å². The number of carbonyl (C=O) groups excluding carboxylic acids is 2. The molecule has 3 aromatic carbocycles. The lowest BCUT2D eigenvalue weighted by atomic mass is 9.97. The average Bonchev–Trinajstić information content (AvgIpc) is 3.38. The van der Waals surface area contributed by atoms with Gasteiger partial charge in [-0.15, -0.1) is 0 Å². The number of anilines is 1. The van der Waals surface area contributed by atoms with Gasteiger partial charge >= 0.3 is 5.97 Å². The topological polar surface area (TPSA) is 124 Å². The predicted octanol–water partition coefficient (Wildman–Crippen LogP) is 4.73.